The Morgan fingerprint density at radius 1 is 1.47 bits per heavy atom. The van der Waals surface area contributed by atoms with Crippen molar-refractivity contribution in [1.82, 2.24) is 10.6 Å². The minimum atomic E-state index is -0.129. The van der Waals surface area contributed by atoms with Gasteiger partial charge in [0.25, 0.3) is 0 Å². The van der Waals surface area contributed by atoms with E-state index in [2.05, 4.69) is 24.5 Å². The van der Waals surface area contributed by atoms with Crippen LogP contribution in [0, 0.1) is 5.92 Å². The van der Waals surface area contributed by atoms with Gasteiger partial charge in [-0.1, -0.05) is 13.8 Å². The van der Waals surface area contributed by atoms with Crippen molar-refractivity contribution in [3.8, 4) is 0 Å². The summed E-state index contributed by atoms with van der Waals surface area (Å²) in [4.78, 5) is 11.6. The lowest BCUT2D eigenvalue weighted by molar-refractivity contribution is -0.123. The molecule has 0 aromatic carbocycles. The highest BCUT2D eigenvalue weighted by molar-refractivity contribution is 5.81. The Kier molecular flexibility index (Phi) is 5.05. The highest BCUT2D eigenvalue weighted by atomic mass is 16.5. The van der Waals surface area contributed by atoms with Gasteiger partial charge in [-0.15, -0.1) is 0 Å². The van der Waals surface area contributed by atoms with E-state index in [1.165, 1.54) is 0 Å². The largest absolute Gasteiger partial charge is 0.380 e. The Morgan fingerprint density at radius 2 is 2.20 bits per heavy atom. The third-order valence-corrected chi connectivity index (χ3v) is 2.49. The smallest absolute Gasteiger partial charge is 0.236 e. The molecule has 1 heterocycles. The van der Waals surface area contributed by atoms with Crippen LogP contribution in [0.15, 0.2) is 0 Å². The van der Waals surface area contributed by atoms with Crippen LogP contribution in [-0.4, -0.2) is 37.7 Å². The standard InChI is InChI=1S/C11H22N2O2/c1-8(2)6-12-11(14)9(3)13-10-4-5-15-7-10/h8-10,13H,4-7H2,1-3H3,(H,12,14). The van der Waals surface area contributed by atoms with E-state index in [-0.39, 0.29) is 11.9 Å². The Balaban J connectivity index is 2.19. The quantitative estimate of drug-likeness (QED) is 0.701. The second-order valence-corrected chi connectivity index (χ2v) is 4.59. The molecule has 0 saturated carbocycles. The fourth-order valence-electron chi connectivity index (χ4n) is 1.55. The number of nitrogens with one attached hydrogen (secondary N) is 2. The van der Waals surface area contributed by atoms with E-state index in [9.17, 15) is 4.79 Å². The predicted octanol–water partition coefficient (Wildman–Crippen LogP) is 0.526. The molecule has 15 heavy (non-hydrogen) atoms. The Labute approximate surface area is 91.8 Å². The monoisotopic (exact) mass is 214 g/mol. The third-order valence-electron chi connectivity index (χ3n) is 2.49. The molecule has 1 fully saturated rings. The summed E-state index contributed by atoms with van der Waals surface area (Å²) in [5.41, 5.74) is 0. The van der Waals surface area contributed by atoms with Crippen LogP contribution >= 0.6 is 0 Å². The number of hydrogen-bond acceptors (Lipinski definition) is 3. The molecule has 0 spiro atoms. The van der Waals surface area contributed by atoms with Crippen molar-refractivity contribution in [2.45, 2.75) is 39.3 Å². The minimum absolute atomic E-state index is 0.0793. The molecule has 0 aromatic rings. The first kappa shape index (κ1) is 12.5. The molecule has 2 N–H and O–H groups in total. The van der Waals surface area contributed by atoms with Gasteiger partial charge in [-0.3, -0.25) is 4.79 Å². The number of carbonyl (C=O) groups is 1. The van der Waals surface area contributed by atoms with Gasteiger partial charge < -0.3 is 15.4 Å². The van der Waals surface area contributed by atoms with E-state index < -0.39 is 0 Å². The molecule has 88 valence electrons. The first-order valence-corrected chi connectivity index (χ1v) is 5.71. The molecular formula is C11H22N2O2. The fraction of sp³-hybridized carbons (Fsp3) is 0.909. The summed E-state index contributed by atoms with van der Waals surface area (Å²) in [5.74, 6) is 0.576. The summed E-state index contributed by atoms with van der Waals surface area (Å²) in [7, 11) is 0. The third kappa shape index (κ3) is 4.62. The van der Waals surface area contributed by atoms with Crippen molar-refractivity contribution >= 4 is 5.91 Å². The fourth-order valence-corrected chi connectivity index (χ4v) is 1.55. The SMILES string of the molecule is CC(C)CNC(=O)C(C)NC1CCOC1. The Morgan fingerprint density at radius 3 is 2.73 bits per heavy atom. The highest BCUT2D eigenvalue weighted by Crippen LogP contribution is 2.04. The zero-order valence-corrected chi connectivity index (χ0v) is 9.88. The predicted molar refractivity (Wildman–Crippen MR) is 59.7 cm³/mol. The van der Waals surface area contributed by atoms with E-state index in [0.717, 1.165) is 26.2 Å². The van der Waals surface area contributed by atoms with Gasteiger partial charge in [-0.2, -0.15) is 0 Å². The molecule has 1 saturated heterocycles. The number of rotatable bonds is 5. The van der Waals surface area contributed by atoms with E-state index in [0.29, 0.717) is 12.0 Å². The summed E-state index contributed by atoms with van der Waals surface area (Å²) in [6.45, 7) is 8.34. The molecular weight excluding hydrogens is 192 g/mol. The van der Waals surface area contributed by atoms with Crippen molar-refractivity contribution < 1.29 is 9.53 Å². The minimum Gasteiger partial charge on any atom is -0.380 e. The molecule has 2 atom stereocenters. The topological polar surface area (TPSA) is 50.4 Å². The van der Waals surface area contributed by atoms with E-state index in [4.69, 9.17) is 4.74 Å². The summed E-state index contributed by atoms with van der Waals surface area (Å²) < 4.78 is 5.24. The van der Waals surface area contributed by atoms with Crippen LogP contribution in [0.4, 0.5) is 0 Å². The zero-order valence-electron chi connectivity index (χ0n) is 9.88. The van der Waals surface area contributed by atoms with Gasteiger partial charge in [0.15, 0.2) is 0 Å². The van der Waals surface area contributed by atoms with E-state index in [1.54, 1.807) is 0 Å². The molecule has 0 bridgehead atoms. The molecule has 2 unspecified atom stereocenters. The summed E-state index contributed by atoms with van der Waals surface area (Å²) >= 11 is 0. The van der Waals surface area contributed by atoms with Crippen LogP contribution in [0.25, 0.3) is 0 Å². The maximum atomic E-state index is 11.6. The number of carbonyl (C=O) groups excluding carboxylic acids is 1. The zero-order chi connectivity index (χ0) is 11.3. The number of amides is 1. The average Bonchev–Trinajstić information content (AvgIpc) is 2.66. The van der Waals surface area contributed by atoms with Crippen LogP contribution < -0.4 is 10.6 Å². The Hall–Kier alpha value is -0.610. The van der Waals surface area contributed by atoms with E-state index in [1.807, 2.05) is 6.92 Å². The molecule has 1 rings (SSSR count). The van der Waals surface area contributed by atoms with E-state index >= 15 is 0 Å². The van der Waals surface area contributed by atoms with Gasteiger partial charge in [0, 0.05) is 19.2 Å². The number of hydrogen-bond donors (Lipinski definition) is 2. The van der Waals surface area contributed by atoms with Crippen LogP contribution in [0.1, 0.15) is 27.2 Å². The van der Waals surface area contributed by atoms with Crippen molar-refractivity contribution in [2.24, 2.45) is 5.92 Å². The van der Waals surface area contributed by atoms with Gasteiger partial charge in [0.2, 0.25) is 5.91 Å². The summed E-state index contributed by atoms with van der Waals surface area (Å²) in [6, 6.07) is 0.209. The van der Waals surface area contributed by atoms with Crippen LogP contribution in [0.5, 0.6) is 0 Å². The van der Waals surface area contributed by atoms with Gasteiger partial charge in [0.05, 0.1) is 12.6 Å². The summed E-state index contributed by atoms with van der Waals surface area (Å²) in [5, 5.41) is 6.18. The van der Waals surface area contributed by atoms with Gasteiger partial charge in [0.1, 0.15) is 0 Å². The lowest BCUT2D eigenvalue weighted by Crippen LogP contribution is -2.47. The normalized spacial score (nSPS) is 23.1. The highest BCUT2D eigenvalue weighted by Gasteiger charge is 2.20. The summed E-state index contributed by atoms with van der Waals surface area (Å²) in [6.07, 6.45) is 1.00. The molecule has 0 aromatic heterocycles. The second-order valence-electron chi connectivity index (χ2n) is 4.59. The van der Waals surface area contributed by atoms with Crippen LogP contribution in [-0.2, 0) is 9.53 Å². The lowest BCUT2D eigenvalue weighted by Gasteiger charge is -2.18. The van der Waals surface area contributed by atoms with Gasteiger partial charge >= 0.3 is 0 Å². The van der Waals surface area contributed by atoms with Crippen LogP contribution in [0.3, 0.4) is 0 Å². The lowest BCUT2D eigenvalue weighted by atomic mass is 10.2. The second kappa shape index (κ2) is 6.08. The maximum absolute atomic E-state index is 11.6. The van der Waals surface area contributed by atoms with Crippen molar-refractivity contribution in [1.29, 1.82) is 0 Å². The molecule has 1 aliphatic rings. The van der Waals surface area contributed by atoms with Crippen molar-refractivity contribution in [3.05, 3.63) is 0 Å². The first-order valence-electron chi connectivity index (χ1n) is 5.71. The molecule has 4 heteroatoms. The molecule has 4 nitrogen and oxygen atoms in total. The number of ether oxygens (including phenoxy) is 1. The molecule has 0 aliphatic carbocycles. The Bertz CT molecular complexity index is 201. The first-order chi connectivity index (χ1) is 7.09. The molecule has 0 radical (unpaired) electrons. The van der Waals surface area contributed by atoms with Crippen molar-refractivity contribution in [2.75, 3.05) is 19.8 Å². The van der Waals surface area contributed by atoms with Crippen LogP contribution in [0.2, 0.25) is 0 Å². The van der Waals surface area contributed by atoms with Gasteiger partial charge in [-0.25, -0.2) is 0 Å². The average molecular weight is 214 g/mol. The maximum Gasteiger partial charge on any atom is 0.236 e. The molecule has 1 aliphatic heterocycles. The van der Waals surface area contributed by atoms with Gasteiger partial charge in [-0.05, 0) is 19.3 Å². The van der Waals surface area contributed by atoms with Crippen molar-refractivity contribution in [3.63, 3.8) is 0 Å². The molecule has 1 amide bonds.